The fourth-order valence-corrected chi connectivity index (χ4v) is 4.57. The normalized spacial score (nSPS) is 13.3. The van der Waals surface area contributed by atoms with Gasteiger partial charge in [0.2, 0.25) is 5.91 Å². The highest BCUT2D eigenvalue weighted by Crippen LogP contribution is 2.35. The molecule has 1 saturated carbocycles. The number of aryl methyl sites for hydroxylation is 1. The Balaban J connectivity index is 1.62. The Bertz CT molecular complexity index is 970. The molecule has 1 aliphatic rings. The van der Waals surface area contributed by atoms with Crippen LogP contribution in [0, 0.1) is 12.8 Å². The molecule has 1 fully saturated rings. The molecule has 29 heavy (non-hydrogen) atoms. The Morgan fingerprint density at radius 3 is 2.07 bits per heavy atom. The average Bonchev–Trinajstić information content (AvgIpc) is 3.53. The van der Waals surface area contributed by atoms with Crippen molar-refractivity contribution in [2.24, 2.45) is 5.92 Å². The number of nitrogens with zero attached hydrogens (tertiary/aromatic N) is 1. The zero-order valence-corrected chi connectivity index (χ0v) is 17.4. The van der Waals surface area contributed by atoms with E-state index in [2.05, 4.69) is 5.32 Å². The van der Waals surface area contributed by atoms with Gasteiger partial charge in [0.25, 0.3) is 5.91 Å². The quantitative estimate of drug-likeness (QED) is 0.609. The van der Waals surface area contributed by atoms with E-state index in [9.17, 15) is 9.59 Å². The molecule has 4 rings (SSSR count). The third-order valence-electron chi connectivity index (χ3n) is 5.24. The van der Waals surface area contributed by atoms with Crippen molar-refractivity contribution >= 4 is 28.2 Å². The number of hydrogen-bond acceptors (Lipinski definition) is 3. The number of amides is 2. The first-order valence-corrected chi connectivity index (χ1v) is 10.6. The van der Waals surface area contributed by atoms with Gasteiger partial charge in [0.05, 0.1) is 15.9 Å². The van der Waals surface area contributed by atoms with Gasteiger partial charge in [0.15, 0.2) is 0 Å². The number of anilines is 1. The molecule has 4 nitrogen and oxygen atoms in total. The highest BCUT2D eigenvalue weighted by atomic mass is 32.1. The Labute approximate surface area is 175 Å². The zero-order chi connectivity index (χ0) is 20.4. The Kier molecular flexibility index (Phi) is 5.49. The van der Waals surface area contributed by atoms with Crippen LogP contribution in [0.4, 0.5) is 5.00 Å². The van der Waals surface area contributed by atoms with Crippen LogP contribution in [-0.2, 0) is 4.79 Å². The summed E-state index contributed by atoms with van der Waals surface area (Å²) in [4.78, 5) is 28.0. The minimum atomic E-state index is -0.184. The summed E-state index contributed by atoms with van der Waals surface area (Å²) in [5.41, 5.74) is 3.01. The lowest BCUT2D eigenvalue weighted by molar-refractivity contribution is -0.117. The number of rotatable bonds is 6. The predicted molar refractivity (Wildman–Crippen MR) is 117 cm³/mol. The Morgan fingerprint density at radius 2 is 1.55 bits per heavy atom. The van der Waals surface area contributed by atoms with Gasteiger partial charge in [-0.3, -0.25) is 9.59 Å². The molecule has 2 amide bonds. The van der Waals surface area contributed by atoms with Gasteiger partial charge in [-0.1, -0.05) is 60.7 Å². The fourth-order valence-electron chi connectivity index (χ4n) is 3.51. The summed E-state index contributed by atoms with van der Waals surface area (Å²) in [7, 11) is 1.84. The van der Waals surface area contributed by atoms with Crippen LogP contribution >= 0.6 is 11.3 Å². The van der Waals surface area contributed by atoms with E-state index >= 15 is 0 Å². The van der Waals surface area contributed by atoms with Gasteiger partial charge in [0, 0.05) is 13.0 Å². The lowest BCUT2D eigenvalue weighted by Gasteiger charge is -2.29. The van der Waals surface area contributed by atoms with Crippen LogP contribution in [0.15, 0.2) is 66.7 Å². The van der Waals surface area contributed by atoms with Crippen LogP contribution in [0.25, 0.3) is 0 Å². The summed E-state index contributed by atoms with van der Waals surface area (Å²) >= 11 is 1.35. The fraction of sp³-hybridized carbons (Fsp3) is 0.250. The number of carbonyl (C=O) groups is 2. The van der Waals surface area contributed by atoms with Crippen molar-refractivity contribution in [3.63, 3.8) is 0 Å². The smallest absolute Gasteiger partial charge is 0.264 e. The molecule has 2 aromatic carbocycles. The second kappa shape index (κ2) is 8.21. The topological polar surface area (TPSA) is 49.4 Å². The lowest BCUT2D eigenvalue weighted by Crippen LogP contribution is -2.31. The number of nitrogens with one attached hydrogen (secondary N) is 1. The number of carbonyl (C=O) groups excluding carboxylic acids is 2. The van der Waals surface area contributed by atoms with Gasteiger partial charge in [-0.15, -0.1) is 11.3 Å². The van der Waals surface area contributed by atoms with E-state index in [0.29, 0.717) is 4.88 Å². The molecule has 0 spiro atoms. The molecule has 0 unspecified atom stereocenters. The van der Waals surface area contributed by atoms with Crippen molar-refractivity contribution in [3.05, 3.63) is 88.3 Å². The molecule has 0 atom stereocenters. The van der Waals surface area contributed by atoms with Crippen molar-refractivity contribution in [2.45, 2.75) is 25.8 Å². The summed E-state index contributed by atoms with van der Waals surface area (Å²) in [6.45, 7) is 1.92. The standard InChI is InChI=1S/C24H24N2O2S/c1-16-15-20(25-23(27)19-13-14-19)29-22(16)24(28)26(2)21(17-9-5-3-6-10-17)18-11-7-4-8-12-18/h3-12,15,19,21H,13-14H2,1-2H3,(H,25,27). The molecule has 1 heterocycles. The van der Waals surface area contributed by atoms with Gasteiger partial charge in [-0.2, -0.15) is 0 Å². The monoisotopic (exact) mass is 404 g/mol. The van der Waals surface area contributed by atoms with E-state index in [4.69, 9.17) is 0 Å². The summed E-state index contributed by atoms with van der Waals surface area (Å²) < 4.78 is 0. The molecule has 0 radical (unpaired) electrons. The van der Waals surface area contributed by atoms with Crippen molar-refractivity contribution in [1.29, 1.82) is 0 Å². The van der Waals surface area contributed by atoms with Crippen molar-refractivity contribution in [3.8, 4) is 0 Å². The van der Waals surface area contributed by atoms with Crippen LogP contribution in [0.3, 0.4) is 0 Å². The third kappa shape index (κ3) is 4.25. The highest BCUT2D eigenvalue weighted by Gasteiger charge is 2.31. The van der Waals surface area contributed by atoms with Gasteiger partial charge < -0.3 is 10.2 Å². The first-order chi connectivity index (χ1) is 14.0. The SMILES string of the molecule is Cc1cc(NC(=O)C2CC2)sc1C(=O)N(C)C(c1ccccc1)c1ccccc1. The summed E-state index contributed by atoms with van der Waals surface area (Å²) in [5, 5.41) is 3.70. The van der Waals surface area contributed by atoms with Crippen molar-refractivity contribution in [2.75, 3.05) is 12.4 Å². The molecule has 5 heteroatoms. The molecule has 1 N–H and O–H groups in total. The van der Waals surface area contributed by atoms with E-state index in [-0.39, 0.29) is 23.8 Å². The summed E-state index contributed by atoms with van der Waals surface area (Å²) in [5.74, 6) is 0.155. The highest BCUT2D eigenvalue weighted by molar-refractivity contribution is 7.18. The van der Waals surface area contributed by atoms with Crippen LogP contribution in [-0.4, -0.2) is 23.8 Å². The number of hydrogen-bond donors (Lipinski definition) is 1. The van der Waals surface area contributed by atoms with Crippen LogP contribution in [0.2, 0.25) is 0 Å². The lowest BCUT2D eigenvalue weighted by atomic mass is 9.97. The zero-order valence-electron chi connectivity index (χ0n) is 16.6. The van der Waals surface area contributed by atoms with E-state index in [1.165, 1.54) is 11.3 Å². The first kappa shape index (κ1) is 19.4. The second-order valence-electron chi connectivity index (χ2n) is 7.53. The van der Waals surface area contributed by atoms with Crippen LogP contribution in [0.5, 0.6) is 0 Å². The van der Waals surface area contributed by atoms with Crippen LogP contribution < -0.4 is 5.32 Å². The third-order valence-corrected chi connectivity index (χ3v) is 6.39. The largest absolute Gasteiger partial charge is 0.330 e. The van der Waals surface area contributed by atoms with Crippen molar-refractivity contribution < 1.29 is 9.59 Å². The molecule has 3 aromatic rings. The van der Waals surface area contributed by atoms with E-state index < -0.39 is 0 Å². The molecule has 0 aliphatic heterocycles. The number of benzene rings is 2. The summed E-state index contributed by atoms with van der Waals surface area (Å²) in [6, 6.07) is 21.8. The molecule has 0 saturated heterocycles. The average molecular weight is 405 g/mol. The maximum Gasteiger partial charge on any atom is 0.264 e. The minimum Gasteiger partial charge on any atom is -0.330 e. The van der Waals surface area contributed by atoms with E-state index in [1.807, 2.05) is 80.7 Å². The molecular weight excluding hydrogens is 380 g/mol. The molecule has 1 aromatic heterocycles. The first-order valence-electron chi connectivity index (χ1n) is 9.83. The van der Waals surface area contributed by atoms with Gasteiger partial charge >= 0.3 is 0 Å². The Morgan fingerprint density at radius 1 is 1.00 bits per heavy atom. The van der Waals surface area contributed by atoms with E-state index in [1.54, 1.807) is 4.90 Å². The molecular formula is C24H24N2O2S. The summed E-state index contributed by atoms with van der Waals surface area (Å²) in [6.07, 6.45) is 1.92. The molecule has 1 aliphatic carbocycles. The van der Waals surface area contributed by atoms with Gasteiger partial charge in [-0.05, 0) is 42.5 Å². The maximum atomic E-state index is 13.4. The van der Waals surface area contributed by atoms with Gasteiger partial charge in [-0.25, -0.2) is 0 Å². The van der Waals surface area contributed by atoms with E-state index in [0.717, 1.165) is 34.5 Å². The number of thiophene rings is 1. The second-order valence-corrected chi connectivity index (χ2v) is 8.58. The Hall–Kier alpha value is -2.92. The maximum absolute atomic E-state index is 13.4. The predicted octanol–water partition coefficient (Wildman–Crippen LogP) is 5.27. The van der Waals surface area contributed by atoms with Crippen molar-refractivity contribution in [1.82, 2.24) is 4.90 Å². The molecule has 148 valence electrons. The minimum absolute atomic E-state index is 0.0443. The van der Waals surface area contributed by atoms with Gasteiger partial charge in [0.1, 0.15) is 0 Å². The molecule has 0 bridgehead atoms. The van der Waals surface area contributed by atoms with Crippen LogP contribution in [0.1, 0.15) is 45.2 Å².